The predicted molar refractivity (Wildman–Crippen MR) is 461 cm³/mol. The molecule has 137 heavy (non-hydrogen) atoms. The van der Waals surface area contributed by atoms with Crippen molar-refractivity contribution in [2.24, 2.45) is 26.9 Å². The molecular formula is C73H99N25O35P4. The van der Waals surface area contributed by atoms with Crippen LogP contribution >= 0.6 is 31.3 Å². The van der Waals surface area contributed by atoms with Crippen LogP contribution in [0.1, 0.15) is 116 Å². The number of aliphatic hydroxyl groups excluding tert-OH is 3. The first-order chi connectivity index (χ1) is 64.8. The summed E-state index contributed by atoms with van der Waals surface area (Å²) in [5, 5.41) is 53.3. The van der Waals surface area contributed by atoms with Gasteiger partial charge in [0.2, 0.25) is 0 Å². The maximum Gasteiger partial charge on any atom is 0.472 e. The first-order valence-corrected chi connectivity index (χ1v) is 47.4. The van der Waals surface area contributed by atoms with Gasteiger partial charge in [-0.15, -0.1) is 0 Å². The maximum atomic E-state index is 14.1. The summed E-state index contributed by atoms with van der Waals surface area (Å²) in [5.41, 5.74) is 40.4. The van der Waals surface area contributed by atoms with Gasteiger partial charge in [-0.05, 0) is 81.1 Å². The molecule has 1 aliphatic carbocycles. The average Bonchev–Trinajstić information content (AvgIpc) is 1.60. The number of urea groups is 1. The maximum absolute atomic E-state index is 14.1. The number of anilines is 3. The minimum atomic E-state index is -5.29. The number of unbranched alkanes of at least 4 members (excludes halogenated alkanes) is 1. The Morgan fingerprint density at radius 1 is 0.679 bits per heavy atom. The first-order valence-electron chi connectivity index (χ1n) is 41.3. The quantitative estimate of drug-likeness (QED) is 0.00499. The van der Waals surface area contributed by atoms with Crippen LogP contribution in [0, 0.1) is 17.2 Å². The molecule has 6 aliphatic rings. The summed E-state index contributed by atoms with van der Waals surface area (Å²) in [6, 6.07) is 6.97. The van der Waals surface area contributed by atoms with E-state index in [-0.39, 0.29) is 129 Å². The predicted octanol–water partition coefficient (Wildman–Crippen LogP) is 3.15. The number of hydrogen-bond acceptors (Lipinski definition) is 43. The molecule has 0 radical (unpaired) electrons. The van der Waals surface area contributed by atoms with Crippen molar-refractivity contribution in [1.82, 2.24) is 64.1 Å². The van der Waals surface area contributed by atoms with Crippen molar-refractivity contribution in [3.63, 3.8) is 0 Å². The van der Waals surface area contributed by atoms with Gasteiger partial charge in [-0.2, -0.15) is 15.2 Å². The molecule has 60 nitrogen and oxygen atoms in total. The number of aliphatic hydroxyl groups is 3. The van der Waals surface area contributed by atoms with E-state index in [2.05, 4.69) is 79.6 Å². The van der Waals surface area contributed by atoms with Crippen LogP contribution in [0.15, 0.2) is 106 Å². The zero-order chi connectivity index (χ0) is 99.9. The topological polar surface area (TPSA) is 878 Å². The molecule has 0 spiro atoms. The Hall–Kier alpha value is -11.8. The van der Waals surface area contributed by atoms with Crippen LogP contribution < -0.4 is 39.3 Å². The molecule has 1 aromatic carbocycles. The molecule has 12 rings (SSSR count). The number of benzene rings is 1. The molecular weight excluding hydrogens is 1910 g/mol. The van der Waals surface area contributed by atoms with Crippen LogP contribution in [0.2, 0.25) is 0 Å². The van der Waals surface area contributed by atoms with Gasteiger partial charge in [0.05, 0.1) is 51.0 Å². The fourth-order valence-electron chi connectivity index (χ4n) is 13.8. The van der Waals surface area contributed by atoms with E-state index in [1.54, 1.807) is 70.2 Å². The number of amides is 4. The highest BCUT2D eigenvalue weighted by Crippen LogP contribution is 2.52. The number of rotatable bonds is 40. The van der Waals surface area contributed by atoms with E-state index in [1.807, 2.05) is 6.08 Å². The zero-order valence-electron chi connectivity index (χ0n) is 73.0. The molecule has 3 unspecified atom stereocenters. The molecule has 19 N–H and O–H groups in total. The van der Waals surface area contributed by atoms with Crippen molar-refractivity contribution in [3.8, 4) is 6.07 Å². The number of phosphoric acid groups is 4. The van der Waals surface area contributed by atoms with E-state index in [9.17, 15) is 86.7 Å². The number of aromatic nitrogens is 10. The third-order valence-electron chi connectivity index (χ3n) is 20.4. The van der Waals surface area contributed by atoms with E-state index in [4.69, 9.17) is 110 Å². The van der Waals surface area contributed by atoms with Crippen LogP contribution in [0.4, 0.5) is 37.5 Å². The van der Waals surface area contributed by atoms with Crippen molar-refractivity contribution in [1.29, 1.82) is 5.26 Å². The fourth-order valence-corrected chi connectivity index (χ4v) is 16.4. The number of phosphoric ester groups is 4. The van der Waals surface area contributed by atoms with E-state index in [0.29, 0.717) is 37.1 Å². The Morgan fingerprint density at radius 2 is 1.27 bits per heavy atom. The Labute approximate surface area is 774 Å². The van der Waals surface area contributed by atoms with Gasteiger partial charge < -0.3 is 121 Å². The summed E-state index contributed by atoms with van der Waals surface area (Å²) >= 11 is 0. The van der Waals surface area contributed by atoms with Gasteiger partial charge in [0.1, 0.15) is 134 Å². The van der Waals surface area contributed by atoms with Gasteiger partial charge in [-0.3, -0.25) is 55.3 Å². The summed E-state index contributed by atoms with van der Waals surface area (Å²) in [7, 11) is -20.3. The number of azide groups is 2. The Bertz CT molecular complexity index is 5770. The van der Waals surface area contributed by atoms with Crippen LogP contribution in [0.5, 0.6) is 0 Å². The number of nitriles is 1. The third kappa shape index (κ3) is 31.9. The SMILES string of the molecule is CC(C)(C)OC(=O)N[C@@H](CCCCC(=O)OCc1ccc(N=[N+]=[N-])cc1)C(=O)O[C@H]1[C@@H](O)[C@H](n2cnc3c(N)ncnc32)O[C@@H]1COP(=O)(O)O[C@H]1C[C@H](n2ccc(N)nc2=O)O[C@@H]1COP(=O)(O)O.C[C@@H](CCCNC(=O)OCC1=CCC(N=[N+]=[N-])C=C1)C(=O)OCC#N.NC1=NC(=O)N([C@H]2C[C@H](OP(=O)(O)OC[C@H]3O[C@@H](n4cnc5c(N)ncnc54)[C@H](O)[C@@H]3O)[C@@H](COP(=O)(O)O)O2)CC1. The Morgan fingerprint density at radius 3 is 1.84 bits per heavy atom. The monoisotopic (exact) mass is 2010 g/mol. The number of nitrogens with one attached hydrogen (secondary N) is 2. The van der Waals surface area contributed by atoms with Crippen LogP contribution in [-0.2, 0) is 109 Å². The second kappa shape index (κ2) is 48.5. The van der Waals surface area contributed by atoms with Gasteiger partial charge >= 0.3 is 73.1 Å². The minimum absolute atomic E-state index is 0.0276. The summed E-state index contributed by atoms with van der Waals surface area (Å²) in [6.45, 7) is 3.47. The van der Waals surface area contributed by atoms with Crippen LogP contribution in [0.25, 0.3) is 43.2 Å². The molecule has 5 aliphatic heterocycles. The van der Waals surface area contributed by atoms with Gasteiger partial charge in [0.25, 0.3) is 0 Å². The lowest BCUT2D eigenvalue weighted by Crippen LogP contribution is -2.47. The summed E-state index contributed by atoms with van der Waals surface area (Å²) < 4.78 is 132. The van der Waals surface area contributed by atoms with Gasteiger partial charge in [0, 0.05) is 60.5 Å². The number of ether oxygens (including phenoxy) is 9. The first kappa shape index (κ1) is 107. The molecule has 0 saturated carbocycles. The second-order valence-electron chi connectivity index (χ2n) is 31.6. The summed E-state index contributed by atoms with van der Waals surface area (Å²) in [4.78, 5) is 184. The van der Waals surface area contributed by atoms with Crippen molar-refractivity contribution < 1.29 is 161 Å². The fraction of sp³-hybridized carbons (Fsp3) is 0.562. The molecule has 64 heteroatoms. The molecule has 19 atom stereocenters. The highest BCUT2D eigenvalue weighted by Gasteiger charge is 2.53. The summed E-state index contributed by atoms with van der Waals surface area (Å²) in [6.07, 6.45) is -8.95. The number of hydrogen-bond donors (Lipinski definition) is 15. The van der Waals surface area contributed by atoms with E-state index in [0.717, 1.165) is 16.5 Å². The van der Waals surface area contributed by atoms with Crippen molar-refractivity contribution >= 4 is 119 Å². The normalized spacial score (nSPS) is 24.4. The minimum Gasteiger partial charge on any atom is -0.461 e. The number of alkyl carbamates (subject to hydrolysis) is 2. The molecule has 0 bridgehead atoms. The van der Waals surface area contributed by atoms with Crippen LogP contribution in [0.3, 0.4) is 0 Å². The van der Waals surface area contributed by atoms with Gasteiger partial charge in [0.15, 0.2) is 48.1 Å². The zero-order valence-corrected chi connectivity index (χ0v) is 76.6. The number of fused-ring (bicyclic) bond motifs is 2. The molecule has 4 saturated heterocycles. The Balaban J connectivity index is 0.000000242. The van der Waals surface area contributed by atoms with Gasteiger partial charge in [-0.25, -0.2) is 72.1 Å². The average molecular weight is 2010 g/mol. The number of nitrogens with zero attached hydrogens (tertiary/aromatic N) is 19. The van der Waals surface area contributed by atoms with Crippen LogP contribution in [-0.4, -0.2) is 278 Å². The lowest BCUT2D eigenvalue weighted by molar-refractivity contribution is -0.159. The van der Waals surface area contributed by atoms with E-state index >= 15 is 0 Å². The molecule has 10 heterocycles. The van der Waals surface area contributed by atoms with Gasteiger partial charge in [-0.1, -0.05) is 66.1 Å². The molecule has 4 fully saturated rings. The largest absolute Gasteiger partial charge is 0.472 e. The molecule has 6 aromatic rings. The molecule has 4 amide bonds. The number of carbonyl (C=O) groups is 6. The van der Waals surface area contributed by atoms with Crippen molar-refractivity contribution in [2.45, 2.75) is 202 Å². The Kier molecular flexibility index (Phi) is 38.0. The molecule has 5 aromatic heterocycles. The third-order valence-corrected chi connectivity index (χ3v) is 23.4. The lowest BCUT2D eigenvalue weighted by Gasteiger charge is -2.29. The number of esters is 3. The standard InChI is InChI=1S/C38H50N12O18P2.C19H28N8O13P2.C16H21N5O4/c1-38(2,3)67-37(55)45-22(6-4-5-7-28(51)61-15-20-8-10-21(11-9-20)47-48-41)35(53)66-31-25(65-34(30(31)52)50-19-44-29-32(40)42-18-43-33(29)50)17-63-70(59,60)68-23-14-27(49-13-12-26(39)46-36(49)54)64-24(23)16-62-69(56,57)58;20-11-1-2-26(19(30)25-11)12-3-8(9(38-12)4-36-41(31,32)33)40-42(34,35)37-5-10-14(28)15(29)18(39-10)27-7-24-13-16(21)22-6-23-17(13)27;1-12(15(22)24-10-8-17)3-2-9-19-16(23)25-11-13-4-6-14(7-5-13)20-21-18/h8-13,18-19,22-25,27,30-31,34,52H,4-7,14-17H2,1-3H3,(H,45,55)(H,59,60)(H2,39,46,54)(H2,40,42,43)(H2,56,57,58);6-10,12,14-15,18,28-29H,1-5H2,(H,34,35)(H2,20,25,30)(H2,21,22,23)(H2,31,32,33);4-6,12,14H,2-3,7,9-11H2,1H3,(H,19,23)/t22-,23-,24+,25+,27+,30+,31+,34+;8-,9+,10+,12+,14+,15+,18+;12-,14?/m000/s1. The number of nitrogens with two attached hydrogens (primary N) is 4. The molecule has 746 valence electrons. The van der Waals surface area contributed by atoms with E-state index < -0.39 is 197 Å². The smallest absolute Gasteiger partial charge is 0.461 e. The second-order valence-corrected chi connectivity index (χ2v) is 36.9. The highest BCUT2D eigenvalue weighted by molar-refractivity contribution is 7.47. The number of nitrogen functional groups attached to an aromatic ring is 3. The number of aliphatic imine (C=N–C) groups is 1. The van der Waals surface area contributed by atoms with E-state index in [1.165, 1.54) is 45.3 Å². The van der Waals surface area contributed by atoms with Crippen molar-refractivity contribution in [3.05, 3.63) is 123 Å². The highest BCUT2D eigenvalue weighted by atomic mass is 31.2. The number of carbonyl (C=O) groups excluding carboxylic acids is 6. The lowest BCUT2D eigenvalue weighted by atomic mass is 10.0. The number of amidine groups is 1. The summed E-state index contributed by atoms with van der Waals surface area (Å²) in [5.74, 6) is -2.40. The number of imidazole rings is 2. The van der Waals surface area contributed by atoms with Crippen molar-refractivity contribution in [2.75, 3.05) is 69.9 Å².